The molecule has 0 bridgehead atoms. The van der Waals surface area contributed by atoms with Gasteiger partial charge in [-0.05, 0) is 29.5 Å². The summed E-state index contributed by atoms with van der Waals surface area (Å²) < 4.78 is 2.85. The normalized spacial score (nSPS) is 12.4. The minimum Gasteiger partial charge on any atom is -0.135 e. The van der Waals surface area contributed by atoms with Crippen molar-refractivity contribution in [3.05, 3.63) is 47.5 Å². The average molecular weight is 254 g/mol. The van der Waals surface area contributed by atoms with Crippen LogP contribution < -0.4 is 0 Å². The van der Waals surface area contributed by atoms with Crippen LogP contribution in [0, 0.1) is 6.92 Å². The van der Waals surface area contributed by atoms with E-state index in [4.69, 9.17) is 0 Å². The van der Waals surface area contributed by atoms with Crippen molar-refractivity contribution in [1.82, 2.24) is 0 Å². The molecule has 3 rings (SSSR count). The molecule has 0 aliphatic carbocycles. The average Bonchev–Trinajstić information content (AvgIpc) is 2.64. The molecule has 0 atom stereocenters. The molecule has 0 saturated carbocycles. The summed E-state index contributed by atoms with van der Waals surface area (Å²) in [5.74, 6) is 0. The lowest BCUT2D eigenvalue weighted by Gasteiger charge is -2.22. The van der Waals surface area contributed by atoms with E-state index in [1.54, 1.807) is 0 Å². The third-order valence-corrected chi connectivity index (χ3v) is 4.71. The predicted molar refractivity (Wildman–Crippen MR) is 82.8 cm³/mol. The van der Waals surface area contributed by atoms with E-state index in [-0.39, 0.29) is 5.41 Å². The van der Waals surface area contributed by atoms with Crippen LogP contribution in [0.4, 0.5) is 0 Å². The number of rotatable bonds is 0. The fraction of sp³-hybridized carbons (Fsp3) is 0.294. The van der Waals surface area contributed by atoms with E-state index >= 15 is 0 Å². The molecular formula is C17H18S. The predicted octanol–water partition coefficient (Wildman–Crippen LogP) is 5.66. The van der Waals surface area contributed by atoms with Gasteiger partial charge in [-0.3, -0.25) is 0 Å². The van der Waals surface area contributed by atoms with Crippen molar-refractivity contribution >= 4 is 31.5 Å². The number of benzene rings is 2. The van der Waals surface area contributed by atoms with Crippen molar-refractivity contribution in [2.24, 2.45) is 0 Å². The van der Waals surface area contributed by atoms with Gasteiger partial charge in [0.2, 0.25) is 0 Å². The highest BCUT2D eigenvalue weighted by atomic mass is 32.1. The zero-order valence-electron chi connectivity index (χ0n) is 11.4. The highest BCUT2D eigenvalue weighted by Gasteiger charge is 2.21. The monoisotopic (exact) mass is 254 g/mol. The minimum absolute atomic E-state index is 0.199. The van der Waals surface area contributed by atoms with Gasteiger partial charge in [0, 0.05) is 20.2 Å². The van der Waals surface area contributed by atoms with Crippen molar-refractivity contribution in [3.63, 3.8) is 0 Å². The lowest BCUT2D eigenvalue weighted by molar-refractivity contribution is 0.593. The topological polar surface area (TPSA) is 0 Å². The Labute approximate surface area is 112 Å². The van der Waals surface area contributed by atoms with Gasteiger partial charge >= 0.3 is 0 Å². The van der Waals surface area contributed by atoms with Crippen LogP contribution in [-0.2, 0) is 5.41 Å². The molecule has 1 aromatic heterocycles. The Hall–Kier alpha value is -1.34. The molecule has 0 aliphatic rings. The summed E-state index contributed by atoms with van der Waals surface area (Å²) in [6.07, 6.45) is 0. The van der Waals surface area contributed by atoms with Gasteiger partial charge in [-0.25, -0.2) is 0 Å². The molecule has 0 amide bonds. The molecule has 92 valence electrons. The third-order valence-electron chi connectivity index (χ3n) is 3.51. The van der Waals surface area contributed by atoms with E-state index in [2.05, 4.69) is 64.1 Å². The summed E-state index contributed by atoms with van der Waals surface area (Å²) in [6.45, 7) is 9.14. The maximum atomic E-state index is 2.30. The van der Waals surface area contributed by atoms with Crippen LogP contribution in [0.1, 0.15) is 31.9 Å². The van der Waals surface area contributed by atoms with E-state index < -0.39 is 0 Å². The Morgan fingerprint density at radius 2 is 1.61 bits per heavy atom. The highest BCUT2D eigenvalue weighted by molar-refractivity contribution is 7.26. The van der Waals surface area contributed by atoms with Gasteiger partial charge in [0.1, 0.15) is 0 Å². The highest BCUT2D eigenvalue weighted by Crippen LogP contribution is 2.41. The summed E-state index contributed by atoms with van der Waals surface area (Å²) in [5.41, 5.74) is 3.10. The molecule has 0 nitrogen and oxygen atoms in total. The molecule has 0 radical (unpaired) electrons. The van der Waals surface area contributed by atoms with Crippen LogP contribution in [-0.4, -0.2) is 0 Å². The minimum atomic E-state index is 0.199. The van der Waals surface area contributed by atoms with E-state index in [9.17, 15) is 0 Å². The molecule has 0 unspecified atom stereocenters. The summed E-state index contributed by atoms with van der Waals surface area (Å²) in [6, 6.07) is 13.3. The van der Waals surface area contributed by atoms with Gasteiger partial charge in [0.15, 0.2) is 0 Å². The summed E-state index contributed by atoms with van der Waals surface area (Å²) in [4.78, 5) is 0. The van der Waals surface area contributed by atoms with Crippen LogP contribution in [0.2, 0.25) is 0 Å². The first kappa shape index (κ1) is 11.7. The van der Waals surface area contributed by atoms with Gasteiger partial charge < -0.3 is 0 Å². The Bertz CT molecular complexity index is 726. The standard InChI is InChI=1S/C17H18S/c1-11-9-10-13-12-7-5-6-8-14(12)18-16(13)15(11)17(2,3)4/h5-10H,1-4H3. The zero-order chi connectivity index (χ0) is 12.9. The molecule has 0 fully saturated rings. The van der Waals surface area contributed by atoms with E-state index in [0.717, 1.165) is 0 Å². The number of thiophene rings is 1. The Morgan fingerprint density at radius 1 is 0.889 bits per heavy atom. The Morgan fingerprint density at radius 3 is 2.33 bits per heavy atom. The number of hydrogen-bond donors (Lipinski definition) is 0. The summed E-state index contributed by atoms with van der Waals surface area (Å²) in [5, 5.41) is 2.80. The lowest BCUT2D eigenvalue weighted by Crippen LogP contribution is -2.13. The molecule has 0 aliphatic heterocycles. The maximum absolute atomic E-state index is 2.30. The largest absolute Gasteiger partial charge is 0.135 e. The SMILES string of the molecule is Cc1ccc2c(sc3ccccc32)c1C(C)(C)C. The number of aryl methyl sites for hydroxylation is 1. The quantitative estimate of drug-likeness (QED) is 0.485. The van der Waals surface area contributed by atoms with Crippen LogP contribution in [0.15, 0.2) is 36.4 Å². The van der Waals surface area contributed by atoms with Crippen LogP contribution in [0.3, 0.4) is 0 Å². The van der Waals surface area contributed by atoms with Crippen molar-refractivity contribution < 1.29 is 0 Å². The molecule has 2 aromatic carbocycles. The van der Waals surface area contributed by atoms with Crippen LogP contribution in [0.25, 0.3) is 20.2 Å². The fourth-order valence-corrected chi connectivity index (χ4v) is 4.33. The summed E-state index contributed by atoms with van der Waals surface area (Å²) >= 11 is 1.93. The third kappa shape index (κ3) is 1.65. The molecule has 0 N–H and O–H groups in total. The molecule has 0 saturated heterocycles. The van der Waals surface area contributed by atoms with Crippen molar-refractivity contribution in [2.75, 3.05) is 0 Å². The lowest BCUT2D eigenvalue weighted by atomic mass is 9.83. The molecule has 1 heteroatoms. The molecule has 18 heavy (non-hydrogen) atoms. The fourth-order valence-electron chi connectivity index (χ4n) is 2.82. The zero-order valence-corrected chi connectivity index (χ0v) is 12.2. The van der Waals surface area contributed by atoms with Gasteiger partial charge in [-0.2, -0.15) is 0 Å². The molecule has 0 spiro atoms. The van der Waals surface area contributed by atoms with Gasteiger partial charge in [0.25, 0.3) is 0 Å². The van der Waals surface area contributed by atoms with Crippen LogP contribution in [0.5, 0.6) is 0 Å². The molecule has 1 heterocycles. The van der Waals surface area contributed by atoms with Gasteiger partial charge in [0.05, 0.1) is 0 Å². The van der Waals surface area contributed by atoms with Crippen LogP contribution >= 0.6 is 11.3 Å². The van der Waals surface area contributed by atoms with Crippen molar-refractivity contribution in [1.29, 1.82) is 0 Å². The second-order valence-corrected chi connectivity index (χ2v) is 7.03. The number of hydrogen-bond acceptors (Lipinski definition) is 1. The summed E-state index contributed by atoms with van der Waals surface area (Å²) in [7, 11) is 0. The first-order valence-corrected chi connectivity index (χ1v) is 7.21. The Kier molecular flexibility index (Phi) is 2.49. The number of fused-ring (bicyclic) bond motifs is 3. The van der Waals surface area contributed by atoms with Gasteiger partial charge in [-0.1, -0.05) is 51.1 Å². The first-order chi connectivity index (χ1) is 8.48. The van der Waals surface area contributed by atoms with Crippen molar-refractivity contribution in [3.8, 4) is 0 Å². The first-order valence-electron chi connectivity index (χ1n) is 6.40. The molecular weight excluding hydrogens is 236 g/mol. The smallest absolute Gasteiger partial charge is 0.0395 e. The van der Waals surface area contributed by atoms with E-state index in [1.165, 1.54) is 31.3 Å². The van der Waals surface area contributed by atoms with E-state index in [1.807, 2.05) is 11.3 Å². The second-order valence-electron chi connectivity index (χ2n) is 5.98. The maximum Gasteiger partial charge on any atom is 0.0395 e. The Balaban J connectivity index is 2.52. The van der Waals surface area contributed by atoms with Crippen molar-refractivity contribution in [2.45, 2.75) is 33.1 Å². The molecule has 3 aromatic rings. The van der Waals surface area contributed by atoms with E-state index in [0.29, 0.717) is 0 Å². The second kappa shape index (κ2) is 3.83. The van der Waals surface area contributed by atoms with Gasteiger partial charge in [-0.15, -0.1) is 11.3 Å².